The largest absolute Gasteiger partial charge is 0.494 e. The van der Waals surface area contributed by atoms with Crippen LogP contribution in [0.4, 0.5) is 0 Å². The lowest BCUT2D eigenvalue weighted by molar-refractivity contribution is 0.192. The fourth-order valence-corrected chi connectivity index (χ4v) is 2.34. The van der Waals surface area contributed by atoms with E-state index in [1.54, 1.807) is 0 Å². The molecule has 0 N–H and O–H groups in total. The highest BCUT2D eigenvalue weighted by Gasteiger charge is 2.21. The van der Waals surface area contributed by atoms with E-state index in [-0.39, 0.29) is 7.12 Å². The molecule has 0 heterocycles. The molecule has 0 spiro atoms. The van der Waals surface area contributed by atoms with Gasteiger partial charge in [0.2, 0.25) is 0 Å². The quantitative estimate of drug-likeness (QED) is 0.618. The van der Waals surface area contributed by atoms with Crippen LogP contribution >= 0.6 is 0 Å². The van der Waals surface area contributed by atoms with Gasteiger partial charge in [0.15, 0.2) is 0 Å². The van der Waals surface area contributed by atoms with Gasteiger partial charge in [0, 0.05) is 0 Å². The molecule has 0 unspecified atom stereocenters. The number of hydrogen-bond donors (Lipinski definition) is 0. The number of rotatable bonds is 7. The molecule has 0 aliphatic heterocycles. The van der Waals surface area contributed by atoms with Crippen LogP contribution in [-0.2, 0) is 22.5 Å². The predicted octanol–water partition coefficient (Wildman–Crippen LogP) is 3.82. The fourth-order valence-electron chi connectivity index (χ4n) is 2.34. The van der Waals surface area contributed by atoms with E-state index in [1.165, 1.54) is 0 Å². The molecule has 0 atom stereocenters. The van der Waals surface area contributed by atoms with Gasteiger partial charge in [-0.2, -0.15) is 0 Å². The Balaban J connectivity index is 1.66. The highest BCUT2D eigenvalue weighted by atomic mass is 16.6. The molecule has 114 valence electrons. The zero-order valence-electron chi connectivity index (χ0n) is 13.0. The zero-order chi connectivity index (χ0) is 15.7. The van der Waals surface area contributed by atoms with Gasteiger partial charge in [-0.25, -0.2) is 0 Å². The van der Waals surface area contributed by atoms with E-state index >= 15 is 0 Å². The first-order valence-electron chi connectivity index (χ1n) is 7.78. The molecule has 0 aromatic heterocycles. The summed E-state index contributed by atoms with van der Waals surface area (Å²) >= 11 is 0. The Kier molecular flexibility index (Phi) is 5.62. The van der Waals surface area contributed by atoms with Gasteiger partial charge >= 0.3 is 7.12 Å². The topological polar surface area (TPSA) is 18.5 Å². The summed E-state index contributed by atoms with van der Waals surface area (Å²) in [5.74, 6) is 0. The molecule has 0 saturated carbocycles. The van der Waals surface area contributed by atoms with Crippen LogP contribution in [0.25, 0.3) is 0 Å². The Bertz CT molecular complexity index is 643. The third kappa shape index (κ3) is 4.81. The summed E-state index contributed by atoms with van der Waals surface area (Å²) in [6, 6.07) is 30.3. The summed E-state index contributed by atoms with van der Waals surface area (Å²) in [6.07, 6.45) is 0. The maximum atomic E-state index is 6.01. The first-order valence-corrected chi connectivity index (χ1v) is 7.78. The minimum absolute atomic E-state index is 0.378. The maximum absolute atomic E-state index is 6.01. The van der Waals surface area contributed by atoms with E-state index in [9.17, 15) is 0 Å². The molecule has 3 aromatic rings. The first-order chi connectivity index (χ1) is 11.4. The second kappa shape index (κ2) is 8.32. The minimum Gasteiger partial charge on any atom is -0.403 e. The third-order valence-corrected chi connectivity index (χ3v) is 3.56. The van der Waals surface area contributed by atoms with E-state index in [0.29, 0.717) is 13.2 Å². The molecule has 3 rings (SSSR count). The van der Waals surface area contributed by atoms with Gasteiger partial charge in [0.1, 0.15) is 0 Å². The number of benzene rings is 3. The van der Waals surface area contributed by atoms with Gasteiger partial charge < -0.3 is 9.31 Å². The highest BCUT2D eigenvalue weighted by molar-refractivity contribution is 6.61. The van der Waals surface area contributed by atoms with Gasteiger partial charge in [0.25, 0.3) is 0 Å². The van der Waals surface area contributed by atoms with Gasteiger partial charge in [-0.05, 0) is 16.6 Å². The third-order valence-electron chi connectivity index (χ3n) is 3.56. The molecule has 3 aromatic carbocycles. The second-order valence-corrected chi connectivity index (χ2v) is 5.34. The summed E-state index contributed by atoms with van der Waals surface area (Å²) in [6.45, 7) is 1.05. The van der Waals surface area contributed by atoms with Crippen molar-refractivity contribution in [3.05, 3.63) is 102 Å². The lowest BCUT2D eigenvalue weighted by atomic mass is 9.78. The van der Waals surface area contributed by atoms with Gasteiger partial charge in [0.05, 0.1) is 13.2 Å². The minimum atomic E-state index is -0.378. The molecule has 0 saturated heterocycles. The van der Waals surface area contributed by atoms with E-state index in [2.05, 4.69) is 24.3 Å². The lowest BCUT2D eigenvalue weighted by Gasteiger charge is -2.15. The molecule has 0 fully saturated rings. The second-order valence-electron chi connectivity index (χ2n) is 5.34. The monoisotopic (exact) mass is 302 g/mol. The Morgan fingerprint density at radius 2 is 0.913 bits per heavy atom. The smallest absolute Gasteiger partial charge is 0.403 e. The van der Waals surface area contributed by atoms with Crippen LogP contribution in [0.5, 0.6) is 0 Å². The molecule has 0 radical (unpaired) electrons. The Hall–Kier alpha value is -2.36. The van der Waals surface area contributed by atoms with Crippen LogP contribution < -0.4 is 5.46 Å². The Labute approximate surface area is 137 Å². The Morgan fingerprint density at radius 3 is 1.35 bits per heavy atom. The SMILES string of the molecule is c1ccc(COB(OCc2ccccc2)c2ccccc2)cc1. The zero-order valence-corrected chi connectivity index (χ0v) is 13.0. The van der Waals surface area contributed by atoms with E-state index < -0.39 is 0 Å². The molecule has 0 aliphatic rings. The standard InChI is InChI=1S/C20H19BO2/c1-4-10-18(11-5-1)16-22-21(20-14-8-3-9-15-20)23-17-19-12-6-2-7-13-19/h1-15H,16-17H2. The van der Waals surface area contributed by atoms with Crippen molar-refractivity contribution >= 4 is 12.6 Å². The summed E-state index contributed by atoms with van der Waals surface area (Å²) in [4.78, 5) is 0. The van der Waals surface area contributed by atoms with Crippen LogP contribution in [0.2, 0.25) is 0 Å². The predicted molar refractivity (Wildman–Crippen MR) is 94.3 cm³/mol. The average Bonchev–Trinajstić information content (AvgIpc) is 2.64. The van der Waals surface area contributed by atoms with Crippen LogP contribution in [0, 0.1) is 0 Å². The van der Waals surface area contributed by atoms with Gasteiger partial charge in [-0.1, -0.05) is 91.0 Å². The van der Waals surface area contributed by atoms with Crippen molar-refractivity contribution in [2.75, 3.05) is 0 Å². The number of hydrogen-bond acceptors (Lipinski definition) is 2. The first kappa shape index (κ1) is 15.5. The molecule has 0 aliphatic carbocycles. The highest BCUT2D eigenvalue weighted by Crippen LogP contribution is 2.06. The summed E-state index contributed by atoms with van der Waals surface area (Å²) in [5.41, 5.74) is 3.30. The molecule has 23 heavy (non-hydrogen) atoms. The molecule has 0 bridgehead atoms. The lowest BCUT2D eigenvalue weighted by Crippen LogP contribution is -2.36. The Morgan fingerprint density at radius 1 is 0.522 bits per heavy atom. The van der Waals surface area contributed by atoms with Crippen molar-refractivity contribution in [3.63, 3.8) is 0 Å². The summed E-state index contributed by atoms with van der Waals surface area (Å²) in [5, 5.41) is 0. The van der Waals surface area contributed by atoms with Crippen molar-refractivity contribution in [1.82, 2.24) is 0 Å². The van der Waals surface area contributed by atoms with Crippen molar-refractivity contribution in [1.29, 1.82) is 0 Å². The molecule has 2 nitrogen and oxygen atoms in total. The molecule has 3 heteroatoms. The van der Waals surface area contributed by atoms with E-state index in [4.69, 9.17) is 9.31 Å². The molecular weight excluding hydrogens is 283 g/mol. The molecule has 0 amide bonds. The van der Waals surface area contributed by atoms with Crippen molar-refractivity contribution < 1.29 is 9.31 Å². The van der Waals surface area contributed by atoms with Crippen LogP contribution in [0.3, 0.4) is 0 Å². The fraction of sp³-hybridized carbons (Fsp3) is 0.100. The van der Waals surface area contributed by atoms with Gasteiger partial charge in [-0.3, -0.25) is 0 Å². The van der Waals surface area contributed by atoms with Crippen LogP contribution in [-0.4, -0.2) is 7.12 Å². The van der Waals surface area contributed by atoms with Crippen molar-refractivity contribution in [3.8, 4) is 0 Å². The van der Waals surface area contributed by atoms with Crippen molar-refractivity contribution in [2.45, 2.75) is 13.2 Å². The van der Waals surface area contributed by atoms with Crippen LogP contribution in [0.1, 0.15) is 11.1 Å². The van der Waals surface area contributed by atoms with E-state index in [0.717, 1.165) is 16.6 Å². The van der Waals surface area contributed by atoms with Gasteiger partial charge in [-0.15, -0.1) is 0 Å². The normalized spacial score (nSPS) is 10.4. The molecular formula is C20H19BO2. The van der Waals surface area contributed by atoms with Crippen LogP contribution in [0.15, 0.2) is 91.0 Å². The summed E-state index contributed by atoms with van der Waals surface area (Å²) in [7, 11) is -0.378. The van der Waals surface area contributed by atoms with Crippen molar-refractivity contribution in [2.24, 2.45) is 0 Å². The maximum Gasteiger partial charge on any atom is 0.494 e. The van der Waals surface area contributed by atoms with E-state index in [1.807, 2.05) is 66.7 Å². The summed E-state index contributed by atoms with van der Waals surface area (Å²) < 4.78 is 12.0. The average molecular weight is 302 g/mol.